The Morgan fingerprint density at radius 3 is 2.78 bits per heavy atom. The zero-order valence-electron chi connectivity index (χ0n) is 12.2. The topological polar surface area (TPSA) is 91.1 Å². The van der Waals surface area contributed by atoms with Crippen LogP contribution in [0, 0.1) is 0 Å². The highest BCUT2D eigenvalue weighted by Gasteiger charge is 2.34. The molecule has 1 fully saturated rings. The van der Waals surface area contributed by atoms with Crippen molar-refractivity contribution in [3.05, 3.63) is 41.7 Å². The number of hydrogen-bond donors (Lipinski definition) is 1. The average Bonchev–Trinajstić information content (AvgIpc) is 3.17. The Morgan fingerprint density at radius 2 is 2.13 bits per heavy atom. The van der Waals surface area contributed by atoms with Crippen LogP contribution in [-0.2, 0) is 21.4 Å². The van der Waals surface area contributed by atoms with Crippen LogP contribution < -0.4 is 0 Å². The van der Waals surface area contributed by atoms with Crippen LogP contribution in [0.25, 0.3) is 0 Å². The summed E-state index contributed by atoms with van der Waals surface area (Å²) < 4.78 is 31.5. The van der Waals surface area contributed by atoms with Crippen molar-refractivity contribution < 1.29 is 22.7 Å². The Morgan fingerprint density at radius 1 is 1.30 bits per heavy atom. The molecule has 124 valence electrons. The molecule has 2 aromatic heterocycles. The lowest BCUT2D eigenvalue weighted by Gasteiger charge is -2.20. The van der Waals surface area contributed by atoms with E-state index in [1.165, 1.54) is 17.2 Å². The maximum Gasteiger partial charge on any atom is 0.253 e. The monoisotopic (exact) mass is 356 g/mol. The second kappa shape index (κ2) is 6.44. The van der Waals surface area contributed by atoms with Gasteiger partial charge < -0.3 is 14.4 Å². The molecule has 1 aliphatic rings. The molecular formula is C14H16N2O5S2. The average molecular weight is 356 g/mol. The fourth-order valence-corrected chi connectivity index (χ4v) is 5.00. The van der Waals surface area contributed by atoms with Crippen molar-refractivity contribution in [1.29, 1.82) is 0 Å². The molecule has 0 spiro atoms. The number of amides is 1. The molecule has 9 heteroatoms. The van der Waals surface area contributed by atoms with E-state index in [-0.39, 0.29) is 36.3 Å². The van der Waals surface area contributed by atoms with Crippen LogP contribution in [0.1, 0.15) is 5.76 Å². The van der Waals surface area contributed by atoms with E-state index in [1.807, 2.05) is 0 Å². The number of carbonyl (C=O) groups excluding carboxylic acids is 1. The Hall–Kier alpha value is -1.68. The quantitative estimate of drug-likeness (QED) is 0.872. The summed E-state index contributed by atoms with van der Waals surface area (Å²) in [7, 11) is -3.77. The van der Waals surface area contributed by atoms with Gasteiger partial charge in [0.05, 0.1) is 25.5 Å². The minimum Gasteiger partial charge on any atom is -0.467 e. The minimum atomic E-state index is -3.77. The minimum absolute atomic E-state index is 0.0655. The van der Waals surface area contributed by atoms with Gasteiger partial charge in [-0.2, -0.15) is 4.31 Å². The number of sulfonamides is 1. The number of β-amino-alcohol motifs (C(OH)–C–C–N with tert-alkyl or cyclic N) is 1. The van der Waals surface area contributed by atoms with Gasteiger partial charge in [0, 0.05) is 13.1 Å². The zero-order valence-corrected chi connectivity index (χ0v) is 13.8. The molecule has 1 unspecified atom stereocenters. The van der Waals surface area contributed by atoms with Gasteiger partial charge in [0.25, 0.3) is 10.0 Å². The van der Waals surface area contributed by atoms with Crippen LogP contribution in [-0.4, -0.2) is 54.4 Å². The third-order valence-electron chi connectivity index (χ3n) is 3.53. The summed E-state index contributed by atoms with van der Waals surface area (Å²) in [6.07, 6.45) is 0.549. The molecule has 3 rings (SSSR count). The summed E-state index contributed by atoms with van der Waals surface area (Å²) in [4.78, 5) is 13.8. The predicted octanol–water partition coefficient (Wildman–Crippen LogP) is 0.735. The van der Waals surface area contributed by atoms with E-state index in [4.69, 9.17) is 4.42 Å². The summed E-state index contributed by atoms with van der Waals surface area (Å²) >= 11 is 1.09. The van der Waals surface area contributed by atoms with E-state index < -0.39 is 16.1 Å². The van der Waals surface area contributed by atoms with Crippen LogP contribution in [0.4, 0.5) is 0 Å². The Kier molecular flexibility index (Phi) is 4.53. The maximum absolute atomic E-state index is 12.6. The van der Waals surface area contributed by atoms with Crippen LogP contribution >= 0.6 is 11.3 Å². The molecule has 0 saturated carbocycles. The molecule has 1 amide bonds. The lowest BCUT2D eigenvalue weighted by Crippen LogP contribution is -2.39. The molecule has 0 aliphatic carbocycles. The van der Waals surface area contributed by atoms with Gasteiger partial charge in [-0.05, 0) is 23.6 Å². The molecule has 1 saturated heterocycles. The van der Waals surface area contributed by atoms with Crippen molar-refractivity contribution in [2.45, 2.75) is 16.9 Å². The number of carbonyl (C=O) groups is 1. The number of aliphatic hydroxyl groups excluding tert-OH is 1. The highest BCUT2D eigenvalue weighted by atomic mass is 32.2. The van der Waals surface area contributed by atoms with Crippen molar-refractivity contribution in [1.82, 2.24) is 9.21 Å². The Balaban J connectivity index is 1.80. The number of nitrogens with zero attached hydrogens (tertiary/aromatic N) is 2. The number of thiophene rings is 1. The van der Waals surface area contributed by atoms with Gasteiger partial charge in [-0.25, -0.2) is 8.42 Å². The standard InChI is InChI=1S/C14H16N2O5S2/c17-11-7-15(9-12-3-1-5-21-12)13(18)10-16(8-11)23(19,20)14-4-2-6-22-14/h1-6,11,17H,7-10H2. The van der Waals surface area contributed by atoms with Crippen molar-refractivity contribution in [3.63, 3.8) is 0 Å². The number of furan rings is 1. The third kappa shape index (κ3) is 3.47. The lowest BCUT2D eigenvalue weighted by atomic mass is 10.3. The number of hydrogen-bond acceptors (Lipinski definition) is 6. The number of rotatable bonds is 4. The van der Waals surface area contributed by atoms with Crippen molar-refractivity contribution in [2.24, 2.45) is 0 Å². The van der Waals surface area contributed by atoms with Gasteiger partial charge in [-0.3, -0.25) is 4.79 Å². The first-order valence-corrected chi connectivity index (χ1v) is 9.30. The van der Waals surface area contributed by atoms with E-state index in [1.54, 1.807) is 23.6 Å². The van der Waals surface area contributed by atoms with E-state index in [0.29, 0.717) is 5.76 Å². The molecule has 2 aromatic rings. The van der Waals surface area contributed by atoms with E-state index in [9.17, 15) is 18.3 Å². The zero-order chi connectivity index (χ0) is 16.4. The van der Waals surface area contributed by atoms with Crippen LogP contribution in [0.2, 0.25) is 0 Å². The molecule has 23 heavy (non-hydrogen) atoms. The fraction of sp³-hybridized carbons (Fsp3) is 0.357. The highest BCUT2D eigenvalue weighted by molar-refractivity contribution is 7.91. The van der Waals surface area contributed by atoms with E-state index in [2.05, 4.69) is 0 Å². The molecule has 7 nitrogen and oxygen atoms in total. The molecule has 3 heterocycles. The molecular weight excluding hydrogens is 340 g/mol. The smallest absolute Gasteiger partial charge is 0.253 e. The van der Waals surface area contributed by atoms with Gasteiger partial charge in [0.2, 0.25) is 5.91 Å². The van der Waals surface area contributed by atoms with Gasteiger partial charge in [0.15, 0.2) is 0 Å². The molecule has 1 aliphatic heterocycles. The summed E-state index contributed by atoms with van der Waals surface area (Å²) in [6.45, 7) is -0.135. The summed E-state index contributed by atoms with van der Waals surface area (Å²) in [6, 6.07) is 6.56. The Labute approximate surface area is 137 Å². The third-order valence-corrected chi connectivity index (χ3v) is 6.71. The molecule has 0 radical (unpaired) electrons. The summed E-state index contributed by atoms with van der Waals surface area (Å²) in [5, 5.41) is 11.8. The fourth-order valence-electron chi connectivity index (χ4n) is 2.43. The summed E-state index contributed by atoms with van der Waals surface area (Å²) in [5.74, 6) is 0.221. The van der Waals surface area contributed by atoms with Crippen LogP contribution in [0.5, 0.6) is 0 Å². The lowest BCUT2D eigenvalue weighted by molar-refractivity contribution is -0.131. The van der Waals surface area contributed by atoms with Crippen LogP contribution in [0.3, 0.4) is 0 Å². The molecule has 0 bridgehead atoms. The normalized spacial score (nSPS) is 20.7. The summed E-state index contributed by atoms with van der Waals surface area (Å²) in [5.41, 5.74) is 0. The second-order valence-electron chi connectivity index (χ2n) is 5.24. The molecule has 0 aromatic carbocycles. The predicted molar refractivity (Wildman–Crippen MR) is 83.2 cm³/mol. The van der Waals surface area contributed by atoms with Gasteiger partial charge in [-0.1, -0.05) is 6.07 Å². The van der Waals surface area contributed by atoms with Crippen LogP contribution in [0.15, 0.2) is 44.5 Å². The maximum atomic E-state index is 12.6. The van der Waals surface area contributed by atoms with E-state index >= 15 is 0 Å². The van der Waals surface area contributed by atoms with Crippen molar-refractivity contribution >= 4 is 27.3 Å². The highest BCUT2D eigenvalue weighted by Crippen LogP contribution is 2.23. The first-order valence-electron chi connectivity index (χ1n) is 6.98. The second-order valence-corrected chi connectivity index (χ2v) is 8.35. The Bertz CT molecular complexity index is 755. The molecule has 1 atom stereocenters. The first-order chi connectivity index (χ1) is 11.0. The number of aliphatic hydroxyl groups is 1. The van der Waals surface area contributed by atoms with Crippen molar-refractivity contribution in [3.8, 4) is 0 Å². The molecule has 1 N–H and O–H groups in total. The van der Waals surface area contributed by atoms with Crippen molar-refractivity contribution in [2.75, 3.05) is 19.6 Å². The first kappa shape index (κ1) is 16.2. The van der Waals surface area contributed by atoms with Gasteiger partial charge >= 0.3 is 0 Å². The SMILES string of the molecule is O=C1CN(S(=O)(=O)c2cccs2)CC(O)CN1Cc1ccco1. The largest absolute Gasteiger partial charge is 0.467 e. The van der Waals surface area contributed by atoms with Gasteiger partial charge in [0.1, 0.15) is 9.97 Å². The van der Waals surface area contributed by atoms with E-state index in [0.717, 1.165) is 15.6 Å². The van der Waals surface area contributed by atoms with Gasteiger partial charge in [-0.15, -0.1) is 11.3 Å².